The summed E-state index contributed by atoms with van der Waals surface area (Å²) in [5, 5.41) is 6.60. The summed E-state index contributed by atoms with van der Waals surface area (Å²) in [5.74, 6) is -0.666. The summed E-state index contributed by atoms with van der Waals surface area (Å²) in [6, 6.07) is 14.3. The molecular weight excluding hydrogens is 328 g/mol. The number of benzene rings is 2. The maximum atomic E-state index is 12.0. The van der Waals surface area contributed by atoms with E-state index in [9.17, 15) is 9.59 Å². The van der Waals surface area contributed by atoms with Crippen LogP contribution in [0, 0.1) is 0 Å². The Bertz CT molecular complexity index is 719. The highest BCUT2D eigenvalue weighted by Crippen LogP contribution is 2.16. The van der Waals surface area contributed by atoms with Gasteiger partial charge in [-0.2, -0.15) is 0 Å². The molecule has 0 heterocycles. The summed E-state index contributed by atoms with van der Waals surface area (Å²) in [4.78, 5) is 23.7. The molecular formula is C18H19ClN2O3. The third kappa shape index (κ3) is 5.08. The lowest BCUT2D eigenvalue weighted by molar-refractivity contribution is -0.116. The van der Waals surface area contributed by atoms with Crippen molar-refractivity contribution in [2.45, 2.75) is 13.0 Å². The Hall–Kier alpha value is -2.37. The van der Waals surface area contributed by atoms with E-state index in [-0.39, 0.29) is 12.3 Å². The van der Waals surface area contributed by atoms with Gasteiger partial charge in [-0.3, -0.25) is 4.79 Å². The van der Waals surface area contributed by atoms with Crippen LogP contribution in [0.15, 0.2) is 48.5 Å². The zero-order chi connectivity index (χ0) is 17.4. The molecule has 0 aliphatic carbocycles. The van der Waals surface area contributed by atoms with Gasteiger partial charge in [0.1, 0.15) is 0 Å². The van der Waals surface area contributed by atoms with Crippen molar-refractivity contribution in [3.8, 4) is 0 Å². The van der Waals surface area contributed by atoms with Crippen molar-refractivity contribution in [1.82, 2.24) is 5.32 Å². The second-order valence-corrected chi connectivity index (χ2v) is 5.51. The van der Waals surface area contributed by atoms with Gasteiger partial charge in [0, 0.05) is 24.5 Å². The molecule has 0 radical (unpaired) electrons. The van der Waals surface area contributed by atoms with Crippen molar-refractivity contribution >= 4 is 29.2 Å². The van der Waals surface area contributed by atoms with E-state index in [2.05, 4.69) is 10.6 Å². The number of anilines is 1. The number of amides is 1. The lowest BCUT2D eigenvalue weighted by Gasteiger charge is -2.10. The molecule has 2 aromatic rings. The second-order valence-electron chi connectivity index (χ2n) is 5.10. The number of carbonyl (C=O) groups excluding carboxylic acids is 2. The van der Waals surface area contributed by atoms with Crippen LogP contribution in [0.1, 0.15) is 22.3 Å². The Morgan fingerprint density at radius 2 is 1.79 bits per heavy atom. The largest absolute Gasteiger partial charge is 0.465 e. The summed E-state index contributed by atoms with van der Waals surface area (Å²) in [5.41, 5.74) is 1.76. The first-order valence-corrected chi connectivity index (χ1v) is 7.91. The van der Waals surface area contributed by atoms with Crippen LogP contribution in [0.25, 0.3) is 0 Å². The predicted octanol–water partition coefficient (Wildman–Crippen LogP) is 3.25. The zero-order valence-corrected chi connectivity index (χ0v) is 14.1. The van der Waals surface area contributed by atoms with E-state index in [1.54, 1.807) is 24.3 Å². The highest BCUT2D eigenvalue weighted by atomic mass is 35.5. The van der Waals surface area contributed by atoms with Gasteiger partial charge in [-0.1, -0.05) is 41.9 Å². The van der Waals surface area contributed by atoms with Crippen molar-refractivity contribution in [3.63, 3.8) is 0 Å². The number of hydrogen-bond acceptors (Lipinski definition) is 4. The standard InChI is InChI=1S/C18H19ClN2O3/c1-24-18(23)14-7-3-5-9-16(14)21-17(22)10-11-20-12-13-6-2-4-8-15(13)19/h2-9,20H,10-12H2,1H3,(H,21,22). The summed E-state index contributed by atoms with van der Waals surface area (Å²) >= 11 is 6.07. The van der Waals surface area contributed by atoms with Crippen LogP contribution in [0.2, 0.25) is 5.02 Å². The lowest BCUT2D eigenvalue weighted by atomic mass is 10.1. The topological polar surface area (TPSA) is 67.4 Å². The quantitative estimate of drug-likeness (QED) is 0.596. The van der Waals surface area contributed by atoms with E-state index in [4.69, 9.17) is 16.3 Å². The van der Waals surface area contributed by atoms with E-state index in [1.807, 2.05) is 24.3 Å². The number of halogens is 1. The number of methoxy groups -OCH3 is 1. The molecule has 24 heavy (non-hydrogen) atoms. The molecule has 6 heteroatoms. The molecule has 0 bridgehead atoms. The van der Waals surface area contributed by atoms with Gasteiger partial charge in [-0.15, -0.1) is 0 Å². The van der Waals surface area contributed by atoms with Crippen molar-refractivity contribution in [2.75, 3.05) is 19.0 Å². The van der Waals surface area contributed by atoms with Crippen LogP contribution < -0.4 is 10.6 Å². The molecule has 2 rings (SSSR count). The van der Waals surface area contributed by atoms with Crippen molar-refractivity contribution in [2.24, 2.45) is 0 Å². The maximum Gasteiger partial charge on any atom is 0.339 e. The molecule has 2 N–H and O–H groups in total. The Morgan fingerprint density at radius 3 is 2.54 bits per heavy atom. The van der Waals surface area contributed by atoms with E-state index in [0.717, 1.165) is 5.56 Å². The van der Waals surface area contributed by atoms with Crippen molar-refractivity contribution < 1.29 is 14.3 Å². The van der Waals surface area contributed by atoms with Crippen LogP contribution >= 0.6 is 11.6 Å². The van der Waals surface area contributed by atoms with Crippen LogP contribution in [0.5, 0.6) is 0 Å². The molecule has 0 fully saturated rings. The fraction of sp³-hybridized carbons (Fsp3) is 0.222. The Balaban J connectivity index is 1.82. The third-order valence-corrected chi connectivity index (χ3v) is 3.78. The fourth-order valence-corrected chi connectivity index (χ4v) is 2.36. The fourth-order valence-electron chi connectivity index (χ4n) is 2.16. The average Bonchev–Trinajstić information content (AvgIpc) is 2.60. The number of hydrogen-bond donors (Lipinski definition) is 2. The maximum absolute atomic E-state index is 12.0. The smallest absolute Gasteiger partial charge is 0.339 e. The molecule has 0 saturated carbocycles. The van der Waals surface area contributed by atoms with Gasteiger partial charge >= 0.3 is 5.97 Å². The molecule has 0 unspecified atom stereocenters. The number of ether oxygens (including phenoxy) is 1. The molecule has 0 saturated heterocycles. The van der Waals surface area contributed by atoms with Gasteiger partial charge in [-0.25, -0.2) is 4.79 Å². The molecule has 0 aromatic heterocycles. The molecule has 126 valence electrons. The first-order valence-electron chi connectivity index (χ1n) is 7.53. The average molecular weight is 347 g/mol. The van der Waals surface area contributed by atoms with E-state index in [1.165, 1.54) is 7.11 Å². The molecule has 2 aromatic carbocycles. The van der Waals surface area contributed by atoms with Crippen LogP contribution in [0.4, 0.5) is 5.69 Å². The number of esters is 1. The van der Waals surface area contributed by atoms with Gasteiger partial charge in [-0.05, 0) is 23.8 Å². The van der Waals surface area contributed by atoms with Crippen LogP contribution in [-0.4, -0.2) is 25.5 Å². The molecule has 0 atom stereocenters. The summed E-state index contributed by atoms with van der Waals surface area (Å²) in [6.45, 7) is 1.09. The Kier molecular flexibility index (Phi) is 6.78. The van der Waals surface area contributed by atoms with Crippen molar-refractivity contribution in [3.05, 3.63) is 64.7 Å². The molecule has 0 spiro atoms. The molecule has 5 nitrogen and oxygen atoms in total. The third-order valence-electron chi connectivity index (χ3n) is 3.41. The van der Waals surface area contributed by atoms with Gasteiger partial charge in [0.15, 0.2) is 0 Å². The van der Waals surface area contributed by atoms with E-state index in [0.29, 0.717) is 29.4 Å². The minimum atomic E-state index is -0.484. The monoisotopic (exact) mass is 346 g/mol. The number of rotatable bonds is 7. The van der Waals surface area contributed by atoms with Crippen molar-refractivity contribution in [1.29, 1.82) is 0 Å². The second kappa shape index (κ2) is 9.05. The summed E-state index contributed by atoms with van der Waals surface area (Å²) in [6.07, 6.45) is 0.278. The number of nitrogens with one attached hydrogen (secondary N) is 2. The van der Waals surface area contributed by atoms with Gasteiger partial charge in [0.2, 0.25) is 5.91 Å². The highest BCUT2D eigenvalue weighted by molar-refractivity contribution is 6.31. The summed E-state index contributed by atoms with van der Waals surface area (Å²) < 4.78 is 4.70. The molecule has 1 amide bonds. The molecule has 0 aliphatic rings. The lowest BCUT2D eigenvalue weighted by Crippen LogP contribution is -2.22. The first kappa shape index (κ1) is 18.0. The number of para-hydroxylation sites is 1. The Labute approximate surface area is 146 Å². The SMILES string of the molecule is COC(=O)c1ccccc1NC(=O)CCNCc1ccccc1Cl. The van der Waals surface area contributed by atoms with E-state index < -0.39 is 5.97 Å². The molecule has 0 aliphatic heterocycles. The number of carbonyl (C=O) groups is 2. The Morgan fingerprint density at radius 1 is 1.08 bits per heavy atom. The zero-order valence-electron chi connectivity index (χ0n) is 13.3. The van der Waals surface area contributed by atoms with Gasteiger partial charge in [0.05, 0.1) is 18.4 Å². The van der Waals surface area contributed by atoms with E-state index >= 15 is 0 Å². The van der Waals surface area contributed by atoms with Crippen LogP contribution in [0.3, 0.4) is 0 Å². The normalized spacial score (nSPS) is 10.2. The van der Waals surface area contributed by atoms with Gasteiger partial charge in [0.25, 0.3) is 0 Å². The minimum absolute atomic E-state index is 0.182. The highest BCUT2D eigenvalue weighted by Gasteiger charge is 2.12. The predicted molar refractivity (Wildman–Crippen MR) is 94.2 cm³/mol. The van der Waals surface area contributed by atoms with Crippen LogP contribution in [-0.2, 0) is 16.1 Å². The summed E-state index contributed by atoms with van der Waals surface area (Å²) in [7, 11) is 1.31. The van der Waals surface area contributed by atoms with Gasteiger partial charge < -0.3 is 15.4 Å². The first-order chi connectivity index (χ1) is 11.6. The minimum Gasteiger partial charge on any atom is -0.465 e.